The number of hydrogen-bond donors (Lipinski definition) is 0. The molecule has 4 aromatic rings. The highest BCUT2D eigenvalue weighted by Crippen LogP contribution is 2.23. The van der Waals surface area contributed by atoms with Crippen LogP contribution in [0.15, 0.2) is 65.0 Å². The molecule has 0 spiro atoms. The molecule has 1 aromatic carbocycles. The second-order valence-corrected chi connectivity index (χ2v) is 8.56. The molecule has 4 rings (SSSR count). The average Bonchev–Trinajstić information content (AvgIpc) is 3.41. The van der Waals surface area contributed by atoms with Crippen molar-refractivity contribution >= 4 is 28.5 Å². The Kier molecular flexibility index (Phi) is 6.15. The molecule has 0 fully saturated rings. The first-order valence-electron chi connectivity index (χ1n) is 9.39. The number of ether oxygens (including phenoxy) is 1. The summed E-state index contributed by atoms with van der Waals surface area (Å²) in [5.74, 6) is 0.510. The molecule has 0 saturated carbocycles. The van der Waals surface area contributed by atoms with Crippen molar-refractivity contribution in [2.45, 2.75) is 26.4 Å². The molecule has 0 aliphatic carbocycles. The maximum Gasteiger partial charge on any atom is 0.260 e. The van der Waals surface area contributed by atoms with E-state index in [1.165, 1.54) is 33.3 Å². The van der Waals surface area contributed by atoms with Crippen molar-refractivity contribution in [3.05, 3.63) is 91.7 Å². The SMILES string of the molecule is Cc1nc(-n2ccc(OCc3ccccc3)cc2=O)sc1C(=O)CCc1nccs1. The molecule has 30 heavy (non-hydrogen) atoms. The molecular weight excluding hydrogens is 418 g/mol. The molecule has 3 heterocycles. The van der Waals surface area contributed by atoms with Gasteiger partial charge in [0.1, 0.15) is 12.4 Å². The zero-order valence-electron chi connectivity index (χ0n) is 16.3. The molecule has 0 amide bonds. The van der Waals surface area contributed by atoms with Crippen LogP contribution >= 0.6 is 22.7 Å². The maximum absolute atomic E-state index is 12.6. The average molecular weight is 438 g/mol. The minimum absolute atomic E-state index is 0.0160. The Balaban J connectivity index is 1.46. The predicted molar refractivity (Wildman–Crippen MR) is 118 cm³/mol. The Bertz CT molecular complexity index is 1200. The number of benzene rings is 1. The summed E-state index contributed by atoms with van der Waals surface area (Å²) >= 11 is 2.77. The summed E-state index contributed by atoms with van der Waals surface area (Å²) in [5, 5.41) is 3.31. The Morgan fingerprint density at radius 2 is 2.03 bits per heavy atom. The monoisotopic (exact) mass is 437 g/mol. The number of carbonyl (C=O) groups excluding carboxylic acids is 1. The lowest BCUT2D eigenvalue weighted by Crippen LogP contribution is -2.16. The number of Topliss-reactive ketones (excluding diaryl/α,β-unsaturated/α-hetero) is 1. The van der Waals surface area contributed by atoms with E-state index in [2.05, 4.69) is 9.97 Å². The second kappa shape index (κ2) is 9.15. The van der Waals surface area contributed by atoms with Crippen LogP contribution in [0.5, 0.6) is 5.75 Å². The number of hydrogen-bond acceptors (Lipinski definition) is 7. The highest BCUT2D eigenvalue weighted by molar-refractivity contribution is 7.16. The van der Waals surface area contributed by atoms with E-state index < -0.39 is 0 Å². The number of nitrogens with zero attached hydrogens (tertiary/aromatic N) is 3. The highest BCUT2D eigenvalue weighted by Gasteiger charge is 2.17. The molecule has 0 atom stereocenters. The number of rotatable bonds is 8. The summed E-state index contributed by atoms with van der Waals surface area (Å²) in [6, 6.07) is 12.9. The van der Waals surface area contributed by atoms with Crippen LogP contribution in [0.25, 0.3) is 5.13 Å². The third-order valence-corrected chi connectivity index (χ3v) is 6.47. The first-order chi connectivity index (χ1) is 14.6. The smallest absolute Gasteiger partial charge is 0.260 e. The van der Waals surface area contributed by atoms with Gasteiger partial charge >= 0.3 is 0 Å². The Labute approximate surface area is 181 Å². The molecule has 0 bridgehead atoms. The molecule has 8 heteroatoms. The number of carbonyl (C=O) groups is 1. The van der Waals surface area contributed by atoms with E-state index in [1.54, 1.807) is 25.4 Å². The highest BCUT2D eigenvalue weighted by atomic mass is 32.1. The zero-order chi connectivity index (χ0) is 20.9. The number of ketones is 1. The van der Waals surface area contributed by atoms with Crippen molar-refractivity contribution in [2.75, 3.05) is 0 Å². The van der Waals surface area contributed by atoms with Crippen LogP contribution in [-0.4, -0.2) is 20.3 Å². The van der Waals surface area contributed by atoms with Gasteiger partial charge in [0, 0.05) is 36.7 Å². The van der Waals surface area contributed by atoms with Crippen LogP contribution in [0.1, 0.15) is 32.4 Å². The van der Waals surface area contributed by atoms with E-state index in [-0.39, 0.29) is 11.3 Å². The quantitative estimate of drug-likeness (QED) is 0.381. The van der Waals surface area contributed by atoms with Gasteiger partial charge in [-0.15, -0.1) is 11.3 Å². The summed E-state index contributed by atoms with van der Waals surface area (Å²) in [4.78, 5) is 34.4. The molecule has 6 nitrogen and oxygen atoms in total. The first-order valence-corrected chi connectivity index (χ1v) is 11.1. The van der Waals surface area contributed by atoms with E-state index in [9.17, 15) is 9.59 Å². The lowest BCUT2D eigenvalue weighted by atomic mass is 10.2. The summed E-state index contributed by atoms with van der Waals surface area (Å²) in [7, 11) is 0. The predicted octanol–water partition coefficient (Wildman–Crippen LogP) is 4.45. The summed E-state index contributed by atoms with van der Waals surface area (Å²) < 4.78 is 7.14. The molecule has 3 aromatic heterocycles. The Hall–Kier alpha value is -3.10. The minimum atomic E-state index is -0.254. The fourth-order valence-corrected chi connectivity index (χ4v) is 4.55. The van der Waals surface area contributed by atoms with Gasteiger partial charge in [-0.2, -0.15) is 0 Å². The molecule has 0 saturated heterocycles. The lowest BCUT2D eigenvalue weighted by Gasteiger charge is -2.07. The number of thiazole rings is 2. The normalized spacial score (nSPS) is 10.8. The Morgan fingerprint density at radius 1 is 1.20 bits per heavy atom. The van der Waals surface area contributed by atoms with Gasteiger partial charge in [0.25, 0.3) is 5.56 Å². The second-order valence-electron chi connectivity index (χ2n) is 6.60. The molecule has 0 aliphatic heterocycles. The largest absolute Gasteiger partial charge is 0.489 e. The van der Waals surface area contributed by atoms with E-state index in [0.29, 0.717) is 40.9 Å². The zero-order valence-corrected chi connectivity index (χ0v) is 17.9. The van der Waals surface area contributed by atoms with E-state index in [1.807, 2.05) is 35.7 Å². The maximum atomic E-state index is 12.6. The van der Waals surface area contributed by atoms with E-state index in [4.69, 9.17) is 4.74 Å². The van der Waals surface area contributed by atoms with Crippen LogP contribution in [0.3, 0.4) is 0 Å². The van der Waals surface area contributed by atoms with Gasteiger partial charge in [-0.3, -0.25) is 14.2 Å². The van der Waals surface area contributed by atoms with Crippen molar-refractivity contribution in [1.82, 2.24) is 14.5 Å². The number of pyridine rings is 1. The third kappa shape index (κ3) is 4.72. The molecule has 0 N–H and O–H groups in total. The van der Waals surface area contributed by atoms with Crippen molar-refractivity contribution in [3.8, 4) is 10.9 Å². The number of aryl methyl sites for hydroxylation is 2. The van der Waals surface area contributed by atoms with Gasteiger partial charge in [0.15, 0.2) is 10.9 Å². The van der Waals surface area contributed by atoms with Gasteiger partial charge in [-0.1, -0.05) is 41.7 Å². The fourth-order valence-electron chi connectivity index (χ4n) is 2.90. The van der Waals surface area contributed by atoms with Crippen LogP contribution in [-0.2, 0) is 13.0 Å². The minimum Gasteiger partial charge on any atom is -0.489 e. The third-order valence-electron chi connectivity index (χ3n) is 4.43. The first kappa shape index (κ1) is 20.2. The van der Waals surface area contributed by atoms with Crippen molar-refractivity contribution < 1.29 is 9.53 Å². The summed E-state index contributed by atoms with van der Waals surface area (Å²) in [6.07, 6.45) is 4.35. The van der Waals surface area contributed by atoms with Gasteiger partial charge in [0.2, 0.25) is 0 Å². The number of aromatic nitrogens is 3. The molecule has 0 unspecified atom stereocenters. The van der Waals surface area contributed by atoms with Crippen molar-refractivity contribution in [3.63, 3.8) is 0 Å². The molecule has 0 aliphatic rings. The van der Waals surface area contributed by atoms with Crippen LogP contribution in [0, 0.1) is 6.92 Å². The fraction of sp³-hybridized carbons (Fsp3) is 0.182. The lowest BCUT2D eigenvalue weighted by molar-refractivity contribution is 0.0986. The van der Waals surface area contributed by atoms with Gasteiger partial charge in [0.05, 0.1) is 15.6 Å². The standard InChI is InChI=1S/C22H19N3O3S2/c1-15-21(18(26)7-8-19-23-10-12-29-19)30-22(24-15)25-11-9-17(13-20(25)27)28-14-16-5-3-2-4-6-16/h2-6,9-13H,7-8,14H2,1H3. The van der Waals surface area contributed by atoms with Gasteiger partial charge in [-0.05, 0) is 18.6 Å². The van der Waals surface area contributed by atoms with Crippen molar-refractivity contribution in [1.29, 1.82) is 0 Å². The molecule has 152 valence electrons. The van der Waals surface area contributed by atoms with Crippen LogP contribution in [0.2, 0.25) is 0 Å². The van der Waals surface area contributed by atoms with Gasteiger partial charge < -0.3 is 4.74 Å². The van der Waals surface area contributed by atoms with E-state index in [0.717, 1.165) is 10.6 Å². The van der Waals surface area contributed by atoms with Gasteiger partial charge in [-0.25, -0.2) is 9.97 Å². The topological polar surface area (TPSA) is 74.1 Å². The van der Waals surface area contributed by atoms with Crippen LogP contribution < -0.4 is 10.3 Å². The van der Waals surface area contributed by atoms with Crippen LogP contribution in [0.4, 0.5) is 0 Å². The van der Waals surface area contributed by atoms with Crippen molar-refractivity contribution in [2.24, 2.45) is 0 Å². The summed E-state index contributed by atoms with van der Waals surface area (Å²) in [6.45, 7) is 2.18. The Morgan fingerprint density at radius 3 is 2.77 bits per heavy atom. The van der Waals surface area contributed by atoms with E-state index >= 15 is 0 Å². The molecule has 0 radical (unpaired) electrons. The molecular formula is C22H19N3O3S2. The summed E-state index contributed by atoms with van der Waals surface area (Å²) in [5.41, 5.74) is 1.41.